The summed E-state index contributed by atoms with van der Waals surface area (Å²) in [6.07, 6.45) is -4.90. The van der Waals surface area contributed by atoms with Gasteiger partial charge in [0.15, 0.2) is 0 Å². The number of benzene rings is 1. The number of rotatable bonds is 1. The molecule has 1 fully saturated rings. The fraction of sp³-hybridized carbons (Fsp3) is 0.364. The van der Waals surface area contributed by atoms with Crippen molar-refractivity contribution in [3.8, 4) is 0 Å². The maximum Gasteiger partial charge on any atom is 0.416 e. The Labute approximate surface area is 95.6 Å². The zero-order valence-electron chi connectivity index (χ0n) is 8.97. The third-order valence-corrected chi connectivity index (χ3v) is 2.65. The molecule has 1 atom stereocenters. The van der Waals surface area contributed by atoms with E-state index < -0.39 is 17.8 Å². The Morgan fingerprint density at radius 2 is 2.12 bits per heavy atom. The number of nitrogens with one attached hydrogen (secondary N) is 1. The highest BCUT2D eigenvalue weighted by atomic mass is 19.4. The van der Waals surface area contributed by atoms with Crippen LogP contribution in [0.25, 0.3) is 0 Å². The molecule has 1 aromatic carbocycles. The lowest BCUT2D eigenvalue weighted by Crippen LogP contribution is -2.19. The second kappa shape index (κ2) is 3.94. The van der Waals surface area contributed by atoms with E-state index in [0.717, 1.165) is 12.1 Å². The zero-order valence-corrected chi connectivity index (χ0v) is 8.97. The highest BCUT2D eigenvalue weighted by Crippen LogP contribution is 2.32. The summed E-state index contributed by atoms with van der Waals surface area (Å²) in [5, 5.41) is 2.53. The summed E-state index contributed by atoms with van der Waals surface area (Å²) >= 11 is 0. The minimum absolute atomic E-state index is 0.144. The first kappa shape index (κ1) is 11.8. The third kappa shape index (κ3) is 2.35. The first-order valence-corrected chi connectivity index (χ1v) is 4.99. The van der Waals surface area contributed by atoms with Crippen LogP contribution in [0.15, 0.2) is 18.2 Å². The summed E-state index contributed by atoms with van der Waals surface area (Å²) in [7, 11) is 0. The number of cyclic esters (lactones) is 1. The van der Waals surface area contributed by atoms with E-state index in [4.69, 9.17) is 4.74 Å². The van der Waals surface area contributed by atoms with Gasteiger partial charge in [-0.05, 0) is 30.2 Å². The van der Waals surface area contributed by atoms with Crippen molar-refractivity contribution in [3.05, 3.63) is 34.9 Å². The summed E-state index contributed by atoms with van der Waals surface area (Å²) in [6.45, 7) is 1.72. The second-order valence-electron chi connectivity index (χ2n) is 3.86. The monoisotopic (exact) mass is 245 g/mol. The summed E-state index contributed by atoms with van der Waals surface area (Å²) in [5.41, 5.74) is 0.434. The largest absolute Gasteiger partial charge is 0.447 e. The Morgan fingerprint density at radius 3 is 2.59 bits per heavy atom. The van der Waals surface area contributed by atoms with E-state index in [0.29, 0.717) is 11.1 Å². The van der Waals surface area contributed by atoms with Gasteiger partial charge in [0.2, 0.25) is 0 Å². The van der Waals surface area contributed by atoms with Crippen LogP contribution >= 0.6 is 0 Å². The molecule has 1 saturated heterocycles. The molecule has 0 spiro atoms. The average Bonchev–Trinajstić information content (AvgIpc) is 2.63. The van der Waals surface area contributed by atoms with Crippen molar-refractivity contribution in [3.63, 3.8) is 0 Å². The van der Waals surface area contributed by atoms with Crippen LogP contribution in [0.1, 0.15) is 22.7 Å². The lowest BCUT2D eigenvalue weighted by molar-refractivity contribution is -0.137. The molecule has 0 saturated carbocycles. The first-order valence-electron chi connectivity index (χ1n) is 4.99. The maximum atomic E-state index is 12.4. The molecule has 3 nitrogen and oxygen atoms in total. The predicted octanol–water partition coefficient (Wildman–Crippen LogP) is 2.79. The SMILES string of the molecule is Cc1cc(C(F)(F)F)ccc1C1COC(=O)N1. The van der Waals surface area contributed by atoms with Gasteiger partial charge in [-0.3, -0.25) is 0 Å². The van der Waals surface area contributed by atoms with Crippen molar-refractivity contribution < 1.29 is 22.7 Å². The number of hydrogen-bond acceptors (Lipinski definition) is 2. The number of carbonyl (C=O) groups excluding carboxylic acids is 1. The average molecular weight is 245 g/mol. The van der Waals surface area contributed by atoms with E-state index in [9.17, 15) is 18.0 Å². The van der Waals surface area contributed by atoms with Crippen LogP contribution in [0.2, 0.25) is 0 Å². The van der Waals surface area contributed by atoms with Gasteiger partial charge in [0.25, 0.3) is 0 Å². The molecule has 1 aliphatic rings. The Balaban J connectivity index is 2.29. The molecule has 0 radical (unpaired) electrons. The van der Waals surface area contributed by atoms with Gasteiger partial charge in [-0.1, -0.05) is 6.07 Å². The number of halogens is 3. The van der Waals surface area contributed by atoms with Crippen LogP contribution in [0, 0.1) is 6.92 Å². The number of carbonyl (C=O) groups is 1. The van der Waals surface area contributed by atoms with E-state index in [-0.39, 0.29) is 12.6 Å². The number of hydrogen-bond donors (Lipinski definition) is 1. The van der Waals surface area contributed by atoms with Gasteiger partial charge in [-0.2, -0.15) is 13.2 Å². The molecule has 1 aromatic rings. The van der Waals surface area contributed by atoms with Crippen LogP contribution in [0.4, 0.5) is 18.0 Å². The molecule has 1 amide bonds. The van der Waals surface area contributed by atoms with E-state index in [1.165, 1.54) is 6.07 Å². The van der Waals surface area contributed by atoms with Crippen molar-refractivity contribution in [1.29, 1.82) is 0 Å². The van der Waals surface area contributed by atoms with Crippen molar-refractivity contribution in [2.75, 3.05) is 6.61 Å². The Hall–Kier alpha value is -1.72. The van der Waals surface area contributed by atoms with Crippen LogP contribution in [-0.2, 0) is 10.9 Å². The lowest BCUT2D eigenvalue weighted by Gasteiger charge is -2.14. The summed E-state index contributed by atoms with van der Waals surface area (Å²) in [5.74, 6) is 0. The number of alkyl carbamates (subject to hydrolysis) is 1. The van der Waals surface area contributed by atoms with E-state index in [1.807, 2.05) is 0 Å². The minimum Gasteiger partial charge on any atom is -0.447 e. The van der Waals surface area contributed by atoms with Crippen molar-refractivity contribution >= 4 is 6.09 Å². The Morgan fingerprint density at radius 1 is 1.41 bits per heavy atom. The van der Waals surface area contributed by atoms with E-state index in [1.54, 1.807) is 6.92 Å². The number of alkyl halides is 3. The van der Waals surface area contributed by atoms with Gasteiger partial charge in [0.1, 0.15) is 6.61 Å². The number of ether oxygens (including phenoxy) is 1. The molecule has 92 valence electrons. The number of amides is 1. The molecule has 1 aliphatic heterocycles. The standard InChI is InChI=1S/C11H10F3NO2/c1-6-4-7(11(12,13)14)2-3-8(6)9-5-17-10(16)15-9/h2-4,9H,5H2,1H3,(H,15,16). The quantitative estimate of drug-likeness (QED) is 0.826. The van der Waals surface area contributed by atoms with Gasteiger partial charge in [-0.15, -0.1) is 0 Å². The van der Waals surface area contributed by atoms with Gasteiger partial charge >= 0.3 is 12.3 Å². The van der Waals surface area contributed by atoms with Gasteiger partial charge in [0, 0.05) is 0 Å². The van der Waals surface area contributed by atoms with Gasteiger partial charge < -0.3 is 10.1 Å². The molecule has 1 unspecified atom stereocenters. The molecule has 1 N–H and O–H groups in total. The predicted molar refractivity (Wildman–Crippen MR) is 53.4 cm³/mol. The second-order valence-corrected chi connectivity index (χ2v) is 3.86. The van der Waals surface area contributed by atoms with E-state index in [2.05, 4.69) is 5.32 Å². The lowest BCUT2D eigenvalue weighted by atomic mass is 9.99. The zero-order chi connectivity index (χ0) is 12.6. The van der Waals surface area contributed by atoms with Crippen molar-refractivity contribution in [2.24, 2.45) is 0 Å². The molecule has 2 rings (SSSR count). The summed E-state index contributed by atoms with van der Waals surface area (Å²) < 4.78 is 42.0. The smallest absolute Gasteiger partial charge is 0.416 e. The van der Waals surface area contributed by atoms with Crippen LogP contribution in [-0.4, -0.2) is 12.7 Å². The summed E-state index contributed by atoms with van der Waals surface area (Å²) in [4.78, 5) is 10.9. The van der Waals surface area contributed by atoms with Crippen molar-refractivity contribution in [1.82, 2.24) is 5.32 Å². The minimum atomic E-state index is -4.35. The normalized spacial score (nSPS) is 20.0. The highest BCUT2D eigenvalue weighted by Gasteiger charge is 2.32. The fourth-order valence-corrected chi connectivity index (χ4v) is 1.80. The summed E-state index contributed by atoms with van der Waals surface area (Å²) in [6, 6.07) is 3.08. The third-order valence-electron chi connectivity index (χ3n) is 2.65. The molecule has 0 aliphatic carbocycles. The molecular formula is C11H10F3NO2. The Bertz CT molecular complexity index is 457. The molecule has 6 heteroatoms. The molecule has 0 bridgehead atoms. The van der Waals surface area contributed by atoms with Crippen LogP contribution < -0.4 is 5.32 Å². The first-order chi connectivity index (χ1) is 7.88. The Kier molecular flexibility index (Phi) is 2.73. The maximum absolute atomic E-state index is 12.4. The number of aryl methyl sites for hydroxylation is 1. The molecular weight excluding hydrogens is 235 g/mol. The molecule has 17 heavy (non-hydrogen) atoms. The van der Waals surface area contributed by atoms with Crippen molar-refractivity contribution in [2.45, 2.75) is 19.1 Å². The van der Waals surface area contributed by atoms with Crippen LogP contribution in [0.3, 0.4) is 0 Å². The van der Waals surface area contributed by atoms with Crippen LogP contribution in [0.5, 0.6) is 0 Å². The van der Waals surface area contributed by atoms with Gasteiger partial charge in [0.05, 0.1) is 11.6 Å². The molecule has 1 heterocycles. The fourth-order valence-electron chi connectivity index (χ4n) is 1.80. The topological polar surface area (TPSA) is 38.3 Å². The molecule has 0 aromatic heterocycles. The van der Waals surface area contributed by atoms with Gasteiger partial charge in [-0.25, -0.2) is 4.79 Å². The van der Waals surface area contributed by atoms with E-state index >= 15 is 0 Å². The highest BCUT2D eigenvalue weighted by molar-refractivity contribution is 5.70.